The van der Waals surface area contributed by atoms with Crippen LogP contribution in [0.3, 0.4) is 0 Å². The maximum Gasteiger partial charge on any atom is 0.348 e. The van der Waals surface area contributed by atoms with Gasteiger partial charge in [-0.25, -0.2) is 4.79 Å². The molecule has 0 aliphatic heterocycles. The van der Waals surface area contributed by atoms with Crippen LogP contribution in [-0.2, 0) is 4.79 Å². The van der Waals surface area contributed by atoms with Gasteiger partial charge >= 0.3 is 5.97 Å². The first kappa shape index (κ1) is 11.7. The van der Waals surface area contributed by atoms with Crippen LogP contribution in [0.15, 0.2) is 11.4 Å². The van der Waals surface area contributed by atoms with Gasteiger partial charge in [0.1, 0.15) is 4.88 Å². The van der Waals surface area contributed by atoms with Crippen LogP contribution in [0.25, 0.3) is 0 Å². The number of nitrogens with one attached hydrogen (secondary N) is 1. The maximum absolute atomic E-state index is 11.4. The molecule has 5 heteroatoms. The van der Waals surface area contributed by atoms with E-state index in [1.165, 1.54) is 0 Å². The average Bonchev–Trinajstić information content (AvgIpc) is 2.50. The van der Waals surface area contributed by atoms with E-state index in [1.54, 1.807) is 11.4 Å². The van der Waals surface area contributed by atoms with Gasteiger partial charge in [0.15, 0.2) is 0 Å². The molecule has 0 aliphatic carbocycles. The second-order valence-electron chi connectivity index (χ2n) is 3.61. The largest absolute Gasteiger partial charge is 0.477 e. The molecule has 0 aliphatic rings. The normalized spacial score (nSPS) is 10.3. The highest BCUT2D eigenvalue weighted by Gasteiger charge is 2.14. The molecule has 1 aromatic heterocycles. The Balaban J connectivity index is 2.68. The van der Waals surface area contributed by atoms with E-state index in [-0.39, 0.29) is 16.7 Å². The van der Waals surface area contributed by atoms with Crippen molar-refractivity contribution in [2.24, 2.45) is 5.92 Å². The van der Waals surface area contributed by atoms with Gasteiger partial charge in [0.05, 0.1) is 5.69 Å². The van der Waals surface area contributed by atoms with Gasteiger partial charge in [-0.15, -0.1) is 11.3 Å². The molecule has 82 valence electrons. The molecule has 0 bridgehead atoms. The molecule has 0 fully saturated rings. The molecule has 15 heavy (non-hydrogen) atoms. The second kappa shape index (κ2) is 4.93. The Morgan fingerprint density at radius 2 is 2.20 bits per heavy atom. The van der Waals surface area contributed by atoms with Crippen molar-refractivity contribution in [1.82, 2.24) is 0 Å². The highest BCUT2D eigenvalue weighted by Crippen LogP contribution is 2.22. The van der Waals surface area contributed by atoms with E-state index in [9.17, 15) is 9.59 Å². The number of hydrogen-bond acceptors (Lipinski definition) is 3. The molecule has 1 rings (SSSR count). The third-order valence-electron chi connectivity index (χ3n) is 1.73. The minimum Gasteiger partial charge on any atom is -0.477 e. The molecule has 1 heterocycles. The molecular formula is C10H13NO3S. The van der Waals surface area contributed by atoms with Crippen molar-refractivity contribution < 1.29 is 14.7 Å². The van der Waals surface area contributed by atoms with Crippen LogP contribution < -0.4 is 5.32 Å². The maximum atomic E-state index is 11.4. The number of carboxylic acid groups (broad SMARTS) is 1. The highest BCUT2D eigenvalue weighted by molar-refractivity contribution is 7.12. The zero-order valence-electron chi connectivity index (χ0n) is 8.61. The Labute approximate surface area is 91.9 Å². The third kappa shape index (κ3) is 3.36. The van der Waals surface area contributed by atoms with E-state index in [2.05, 4.69) is 5.32 Å². The second-order valence-corrected chi connectivity index (χ2v) is 4.53. The van der Waals surface area contributed by atoms with Crippen LogP contribution in [0.4, 0.5) is 5.69 Å². The lowest BCUT2D eigenvalue weighted by molar-refractivity contribution is -0.116. The number of hydrogen-bond donors (Lipinski definition) is 2. The predicted molar refractivity (Wildman–Crippen MR) is 59.4 cm³/mol. The van der Waals surface area contributed by atoms with Gasteiger partial charge in [0.2, 0.25) is 5.91 Å². The summed E-state index contributed by atoms with van der Waals surface area (Å²) in [6.45, 7) is 3.87. The van der Waals surface area contributed by atoms with Crippen molar-refractivity contribution in [2.75, 3.05) is 5.32 Å². The Hall–Kier alpha value is -1.36. The van der Waals surface area contributed by atoms with Crippen LogP contribution in [0.5, 0.6) is 0 Å². The number of rotatable bonds is 4. The molecule has 0 aromatic carbocycles. The van der Waals surface area contributed by atoms with Crippen molar-refractivity contribution in [2.45, 2.75) is 20.3 Å². The molecule has 4 nitrogen and oxygen atoms in total. The molecule has 0 unspecified atom stereocenters. The van der Waals surface area contributed by atoms with E-state index in [0.29, 0.717) is 12.1 Å². The van der Waals surface area contributed by atoms with Crippen LogP contribution in [0, 0.1) is 5.92 Å². The summed E-state index contributed by atoms with van der Waals surface area (Å²) in [5.74, 6) is -0.896. The van der Waals surface area contributed by atoms with Gasteiger partial charge in [0, 0.05) is 6.42 Å². The standard InChI is InChI=1S/C10H13NO3S/c1-6(2)5-8(12)11-7-3-4-15-9(7)10(13)14/h3-4,6H,5H2,1-2H3,(H,11,12)(H,13,14). The molecule has 0 saturated heterocycles. The molecule has 1 amide bonds. The number of anilines is 1. The Bertz CT molecular complexity index is 370. The SMILES string of the molecule is CC(C)CC(=O)Nc1ccsc1C(=O)O. The Morgan fingerprint density at radius 3 is 2.73 bits per heavy atom. The minimum absolute atomic E-state index is 0.147. The van der Waals surface area contributed by atoms with E-state index >= 15 is 0 Å². The quantitative estimate of drug-likeness (QED) is 0.830. The van der Waals surface area contributed by atoms with Gasteiger partial charge in [-0.3, -0.25) is 4.79 Å². The van der Waals surface area contributed by atoms with Crippen molar-refractivity contribution in [3.05, 3.63) is 16.3 Å². The number of aromatic carboxylic acids is 1. The van der Waals surface area contributed by atoms with Crippen molar-refractivity contribution in [3.8, 4) is 0 Å². The number of thiophene rings is 1. The number of carbonyl (C=O) groups excluding carboxylic acids is 1. The molecular weight excluding hydrogens is 214 g/mol. The van der Waals surface area contributed by atoms with E-state index in [1.807, 2.05) is 13.8 Å². The van der Waals surface area contributed by atoms with Gasteiger partial charge in [-0.2, -0.15) is 0 Å². The summed E-state index contributed by atoms with van der Waals surface area (Å²) in [6, 6.07) is 1.60. The summed E-state index contributed by atoms with van der Waals surface area (Å²) in [4.78, 5) is 22.3. The monoisotopic (exact) mass is 227 g/mol. The number of carbonyl (C=O) groups is 2. The highest BCUT2D eigenvalue weighted by atomic mass is 32.1. The van der Waals surface area contributed by atoms with Crippen LogP contribution in [0.2, 0.25) is 0 Å². The molecule has 0 saturated carbocycles. The van der Waals surface area contributed by atoms with Gasteiger partial charge in [0.25, 0.3) is 0 Å². The van der Waals surface area contributed by atoms with Crippen LogP contribution in [0.1, 0.15) is 29.9 Å². The molecule has 0 atom stereocenters. The predicted octanol–water partition coefficient (Wildman–Crippen LogP) is 2.43. The molecule has 1 aromatic rings. The first-order valence-corrected chi connectivity index (χ1v) is 5.49. The third-order valence-corrected chi connectivity index (χ3v) is 2.63. The van der Waals surface area contributed by atoms with Crippen molar-refractivity contribution in [3.63, 3.8) is 0 Å². The van der Waals surface area contributed by atoms with Gasteiger partial charge in [-0.1, -0.05) is 13.8 Å². The fraction of sp³-hybridized carbons (Fsp3) is 0.400. The fourth-order valence-corrected chi connectivity index (χ4v) is 1.83. The zero-order valence-corrected chi connectivity index (χ0v) is 9.43. The Morgan fingerprint density at radius 1 is 1.53 bits per heavy atom. The fourth-order valence-electron chi connectivity index (χ4n) is 1.15. The van der Waals surface area contributed by atoms with Crippen molar-refractivity contribution in [1.29, 1.82) is 0 Å². The summed E-state index contributed by atoms with van der Waals surface area (Å²) in [7, 11) is 0. The first-order chi connectivity index (χ1) is 7.00. The van der Waals surface area contributed by atoms with E-state index in [0.717, 1.165) is 11.3 Å². The summed E-state index contributed by atoms with van der Waals surface area (Å²) in [5.41, 5.74) is 0.387. The van der Waals surface area contributed by atoms with Gasteiger partial charge < -0.3 is 10.4 Å². The zero-order chi connectivity index (χ0) is 11.4. The lowest BCUT2D eigenvalue weighted by Gasteiger charge is -2.06. The minimum atomic E-state index is -1.01. The molecule has 0 spiro atoms. The van der Waals surface area contributed by atoms with Crippen LogP contribution >= 0.6 is 11.3 Å². The topological polar surface area (TPSA) is 66.4 Å². The lowest BCUT2D eigenvalue weighted by Crippen LogP contribution is -2.15. The molecule has 0 radical (unpaired) electrons. The summed E-state index contributed by atoms with van der Waals surface area (Å²) in [6.07, 6.45) is 0.398. The molecule has 2 N–H and O–H groups in total. The van der Waals surface area contributed by atoms with E-state index < -0.39 is 5.97 Å². The lowest BCUT2D eigenvalue weighted by atomic mass is 10.1. The van der Waals surface area contributed by atoms with E-state index in [4.69, 9.17) is 5.11 Å². The number of amides is 1. The summed E-state index contributed by atoms with van der Waals surface area (Å²) >= 11 is 1.10. The number of carboxylic acids is 1. The summed E-state index contributed by atoms with van der Waals surface area (Å²) in [5, 5.41) is 13.0. The van der Waals surface area contributed by atoms with Crippen LogP contribution in [-0.4, -0.2) is 17.0 Å². The first-order valence-electron chi connectivity index (χ1n) is 4.61. The smallest absolute Gasteiger partial charge is 0.348 e. The van der Waals surface area contributed by atoms with Crippen molar-refractivity contribution >= 4 is 28.9 Å². The van der Waals surface area contributed by atoms with Gasteiger partial charge in [-0.05, 0) is 17.4 Å². The average molecular weight is 227 g/mol. The Kier molecular flexibility index (Phi) is 3.85. The summed E-state index contributed by atoms with van der Waals surface area (Å²) < 4.78 is 0.